The fourth-order valence-corrected chi connectivity index (χ4v) is 5.88. The first-order chi connectivity index (χ1) is 11.2. The third-order valence-corrected chi connectivity index (χ3v) is 6.97. The van der Waals surface area contributed by atoms with Gasteiger partial charge in [0, 0.05) is 5.56 Å². The number of rotatable bonds is 2. The summed E-state index contributed by atoms with van der Waals surface area (Å²) in [7, 11) is 1.71. The maximum atomic E-state index is 12.0. The fraction of sp³-hybridized carbons (Fsp3) is 0.368. The molecule has 120 valence electrons. The van der Waals surface area contributed by atoms with Gasteiger partial charge in [0.1, 0.15) is 11.4 Å². The molecule has 0 bridgehead atoms. The van der Waals surface area contributed by atoms with Gasteiger partial charge in [-0.2, -0.15) is 11.8 Å². The molecule has 1 aliphatic heterocycles. The van der Waals surface area contributed by atoms with Crippen LogP contribution < -0.4 is 0 Å². The molecule has 1 saturated heterocycles. The summed E-state index contributed by atoms with van der Waals surface area (Å²) in [5, 5.41) is 14.1. The van der Waals surface area contributed by atoms with Gasteiger partial charge in [-0.15, -0.1) is 11.3 Å². The molecule has 2 aliphatic rings. The zero-order valence-corrected chi connectivity index (χ0v) is 14.8. The molecule has 2 aromatic rings. The van der Waals surface area contributed by atoms with E-state index in [-0.39, 0.29) is 5.92 Å². The number of methoxy groups -OCH3 is 1. The van der Waals surface area contributed by atoms with Gasteiger partial charge in [0.05, 0.1) is 12.0 Å². The zero-order valence-electron chi connectivity index (χ0n) is 13.1. The molecule has 0 spiro atoms. The fourth-order valence-electron chi connectivity index (χ4n) is 3.83. The van der Waals surface area contributed by atoms with E-state index < -0.39 is 5.60 Å². The van der Waals surface area contributed by atoms with E-state index in [0.29, 0.717) is 0 Å². The number of aliphatic hydroxyl groups is 1. The van der Waals surface area contributed by atoms with Gasteiger partial charge in [-0.25, -0.2) is 0 Å². The lowest BCUT2D eigenvalue weighted by Crippen LogP contribution is -2.39. The molecule has 4 heteroatoms. The van der Waals surface area contributed by atoms with E-state index in [1.807, 2.05) is 23.9 Å². The molecule has 1 atom stereocenters. The Balaban J connectivity index is 1.97. The van der Waals surface area contributed by atoms with Crippen LogP contribution in [-0.4, -0.2) is 23.7 Å². The van der Waals surface area contributed by atoms with E-state index in [0.717, 1.165) is 51.7 Å². The molecule has 1 aromatic heterocycles. The molecule has 0 radical (unpaired) electrons. The summed E-state index contributed by atoms with van der Waals surface area (Å²) >= 11 is 3.64. The van der Waals surface area contributed by atoms with Crippen LogP contribution in [0.5, 0.6) is 0 Å². The van der Waals surface area contributed by atoms with Gasteiger partial charge in [0.2, 0.25) is 0 Å². The van der Waals surface area contributed by atoms with E-state index in [1.165, 1.54) is 0 Å². The normalized spacial score (nSPS) is 24.3. The molecule has 1 fully saturated rings. The van der Waals surface area contributed by atoms with E-state index in [2.05, 4.69) is 29.7 Å². The minimum Gasteiger partial charge on any atom is -0.495 e. The van der Waals surface area contributed by atoms with Crippen molar-refractivity contribution in [3.05, 3.63) is 57.3 Å². The van der Waals surface area contributed by atoms with Crippen molar-refractivity contribution in [1.29, 1.82) is 0 Å². The second-order valence-corrected chi connectivity index (χ2v) is 8.26. The quantitative estimate of drug-likeness (QED) is 0.864. The molecule has 0 amide bonds. The van der Waals surface area contributed by atoms with Crippen LogP contribution in [0, 0.1) is 5.92 Å². The molecule has 1 aromatic carbocycles. The van der Waals surface area contributed by atoms with Crippen LogP contribution in [0.3, 0.4) is 0 Å². The van der Waals surface area contributed by atoms with Crippen molar-refractivity contribution < 1.29 is 9.84 Å². The summed E-state index contributed by atoms with van der Waals surface area (Å²) < 4.78 is 5.65. The Labute approximate surface area is 145 Å². The molecule has 2 heterocycles. The zero-order chi connectivity index (χ0) is 15.9. The van der Waals surface area contributed by atoms with E-state index >= 15 is 0 Å². The van der Waals surface area contributed by atoms with Crippen molar-refractivity contribution in [2.24, 2.45) is 5.92 Å². The summed E-state index contributed by atoms with van der Waals surface area (Å²) in [6.45, 7) is 0. The predicted molar refractivity (Wildman–Crippen MR) is 98.7 cm³/mol. The molecule has 1 N–H and O–H groups in total. The number of thiophene rings is 1. The van der Waals surface area contributed by atoms with E-state index in [9.17, 15) is 5.11 Å². The van der Waals surface area contributed by atoms with Crippen molar-refractivity contribution in [2.45, 2.75) is 18.4 Å². The third kappa shape index (κ3) is 2.35. The number of hydrogen-bond acceptors (Lipinski definition) is 4. The lowest BCUT2D eigenvalue weighted by Gasteiger charge is -2.39. The van der Waals surface area contributed by atoms with Crippen molar-refractivity contribution in [2.75, 3.05) is 18.6 Å². The van der Waals surface area contributed by atoms with Gasteiger partial charge in [-0.1, -0.05) is 24.3 Å². The Morgan fingerprint density at radius 1 is 1.13 bits per heavy atom. The van der Waals surface area contributed by atoms with Crippen LogP contribution in [0.2, 0.25) is 0 Å². The molecule has 1 aliphatic carbocycles. The second kappa shape index (κ2) is 6.00. The van der Waals surface area contributed by atoms with Crippen LogP contribution in [0.1, 0.15) is 34.4 Å². The average molecular weight is 345 g/mol. The van der Waals surface area contributed by atoms with Gasteiger partial charge in [-0.05, 0) is 58.9 Å². The molecular formula is C19H20O2S2. The summed E-state index contributed by atoms with van der Waals surface area (Å²) in [6, 6.07) is 10.3. The SMILES string of the molecule is COC1=Cc2ccccc2[C@@](O)(C2CCSCC2)c2ccsc21. The highest BCUT2D eigenvalue weighted by Crippen LogP contribution is 2.50. The average Bonchev–Trinajstić information content (AvgIpc) is 3.07. The Kier molecular flexibility index (Phi) is 4.00. The number of thioether (sulfide) groups is 1. The van der Waals surface area contributed by atoms with Gasteiger partial charge < -0.3 is 9.84 Å². The lowest BCUT2D eigenvalue weighted by molar-refractivity contribution is 0.0122. The van der Waals surface area contributed by atoms with Crippen LogP contribution >= 0.6 is 23.1 Å². The molecule has 4 rings (SSSR count). The van der Waals surface area contributed by atoms with E-state index in [1.54, 1.807) is 18.4 Å². The van der Waals surface area contributed by atoms with Gasteiger partial charge in [-0.3, -0.25) is 0 Å². The summed E-state index contributed by atoms with van der Waals surface area (Å²) in [4.78, 5) is 1.06. The number of fused-ring (bicyclic) bond motifs is 2. The summed E-state index contributed by atoms with van der Waals surface area (Å²) in [6.07, 6.45) is 4.17. The van der Waals surface area contributed by atoms with Crippen LogP contribution in [0.15, 0.2) is 35.7 Å². The first-order valence-electron chi connectivity index (χ1n) is 7.99. The number of benzene rings is 1. The Bertz CT molecular complexity index is 743. The number of ether oxygens (including phenoxy) is 1. The topological polar surface area (TPSA) is 29.5 Å². The van der Waals surface area contributed by atoms with Crippen LogP contribution in [0.25, 0.3) is 11.8 Å². The maximum Gasteiger partial charge on any atom is 0.137 e. The van der Waals surface area contributed by atoms with Gasteiger partial charge in [0.15, 0.2) is 0 Å². The maximum absolute atomic E-state index is 12.0. The van der Waals surface area contributed by atoms with Gasteiger partial charge >= 0.3 is 0 Å². The lowest BCUT2D eigenvalue weighted by atomic mass is 9.73. The van der Waals surface area contributed by atoms with E-state index in [4.69, 9.17) is 4.74 Å². The second-order valence-electron chi connectivity index (χ2n) is 6.12. The Morgan fingerprint density at radius 3 is 2.70 bits per heavy atom. The highest BCUT2D eigenvalue weighted by Gasteiger charge is 2.45. The van der Waals surface area contributed by atoms with Crippen LogP contribution in [-0.2, 0) is 10.3 Å². The van der Waals surface area contributed by atoms with Crippen LogP contribution in [0.4, 0.5) is 0 Å². The first-order valence-corrected chi connectivity index (χ1v) is 10.0. The standard InChI is InChI=1S/C19H20O2S2/c1-21-17-12-13-4-2-3-5-15(13)19(20,14-6-9-22-10-7-14)16-8-11-23-18(16)17/h2-5,8,11-12,14,20H,6-7,9-10H2,1H3/t19-/m0/s1. The minimum absolute atomic E-state index is 0.253. The third-order valence-electron chi connectivity index (χ3n) is 4.99. The van der Waals surface area contributed by atoms with Crippen molar-refractivity contribution in [1.82, 2.24) is 0 Å². The molecular weight excluding hydrogens is 324 g/mol. The highest BCUT2D eigenvalue weighted by molar-refractivity contribution is 7.99. The largest absolute Gasteiger partial charge is 0.495 e. The summed E-state index contributed by atoms with van der Waals surface area (Å²) in [5.74, 6) is 3.35. The first kappa shape index (κ1) is 15.3. The predicted octanol–water partition coefficient (Wildman–Crippen LogP) is 4.59. The molecule has 0 unspecified atom stereocenters. The molecule has 23 heavy (non-hydrogen) atoms. The summed E-state index contributed by atoms with van der Waals surface area (Å²) in [5.41, 5.74) is 2.17. The smallest absolute Gasteiger partial charge is 0.137 e. The minimum atomic E-state index is -0.927. The Hall–Kier alpha value is -1.23. The molecule has 0 saturated carbocycles. The highest BCUT2D eigenvalue weighted by atomic mass is 32.2. The monoisotopic (exact) mass is 344 g/mol. The van der Waals surface area contributed by atoms with Crippen molar-refractivity contribution in [3.63, 3.8) is 0 Å². The molecule has 2 nitrogen and oxygen atoms in total. The van der Waals surface area contributed by atoms with Crippen molar-refractivity contribution in [3.8, 4) is 0 Å². The number of hydrogen-bond donors (Lipinski definition) is 1. The van der Waals surface area contributed by atoms with Gasteiger partial charge in [0.25, 0.3) is 0 Å². The van der Waals surface area contributed by atoms with Crippen molar-refractivity contribution >= 4 is 34.9 Å². The Morgan fingerprint density at radius 2 is 1.91 bits per heavy atom.